The summed E-state index contributed by atoms with van der Waals surface area (Å²) in [6.45, 7) is 4.50. The van der Waals surface area contributed by atoms with Gasteiger partial charge in [-0.1, -0.05) is 12.1 Å². The minimum Gasteiger partial charge on any atom is -0.504 e. The molecular formula is C23H27N5O2S. The fraction of sp³-hybridized carbons (Fsp3) is 0.261. The number of nitrogens with zero attached hydrogens (tertiary/aromatic N) is 2. The molecule has 4 N–H and O–H groups in total. The van der Waals surface area contributed by atoms with Crippen molar-refractivity contribution in [1.82, 2.24) is 10.3 Å². The van der Waals surface area contributed by atoms with Crippen LogP contribution >= 0.6 is 11.9 Å². The van der Waals surface area contributed by atoms with Crippen molar-refractivity contribution in [2.45, 2.75) is 11.4 Å². The summed E-state index contributed by atoms with van der Waals surface area (Å²) in [6.07, 6.45) is 1.88. The van der Waals surface area contributed by atoms with E-state index >= 15 is 0 Å². The molecule has 1 saturated heterocycles. The van der Waals surface area contributed by atoms with Crippen molar-refractivity contribution in [3.63, 3.8) is 0 Å². The lowest BCUT2D eigenvalue weighted by atomic mass is 10.2. The van der Waals surface area contributed by atoms with E-state index in [0.717, 1.165) is 53.8 Å². The highest BCUT2D eigenvalue weighted by molar-refractivity contribution is 8.00. The molecule has 0 unspecified atom stereocenters. The maximum atomic E-state index is 10.2. The van der Waals surface area contributed by atoms with Crippen LogP contribution in [0.25, 0.3) is 0 Å². The molecule has 0 bridgehead atoms. The minimum atomic E-state index is 0.172. The fourth-order valence-corrected chi connectivity index (χ4v) is 3.99. The second-order valence-electron chi connectivity index (χ2n) is 7.19. The third kappa shape index (κ3) is 5.53. The van der Waals surface area contributed by atoms with Crippen molar-refractivity contribution in [1.29, 1.82) is 0 Å². The Morgan fingerprint density at radius 1 is 1.06 bits per heavy atom. The van der Waals surface area contributed by atoms with Gasteiger partial charge >= 0.3 is 0 Å². The molecule has 162 valence electrons. The molecule has 3 aromatic rings. The summed E-state index contributed by atoms with van der Waals surface area (Å²) in [5, 5.41) is 16.9. The first-order valence-corrected chi connectivity index (χ1v) is 11.1. The van der Waals surface area contributed by atoms with Crippen LogP contribution in [0.4, 0.5) is 17.2 Å². The van der Waals surface area contributed by atoms with Gasteiger partial charge in [0, 0.05) is 48.9 Å². The number of rotatable bonds is 8. The lowest BCUT2D eigenvalue weighted by Crippen LogP contribution is -2.43. The molecule has 0 radical (unpaired) electrons. The van der Waals surface area contributed by atoms with Gasteiger partial charge in [0.25, 0.3) is 0 Å². The number of phenols is 1. The van der Waals surface area contributed by atoms with Gasteiger partial charge in [-0.3, -0.25) is 0 Å². The highest BCUT2D eigenvalue weighted by Crippen LogP contribution is 2.30. The van der Waals surface area contributed by atoms with Crippen LogP contribution in [0, 0.1) is 0 Å². The molecule has 1 fully saturated rings. The molecule has 0 amide bonds. The van der Waals surface area contributed by atoms with E-state index in [-0.39, 0.29) is 5.75 Å². The van der Waals surface area contributed by atoms with Crippen LogP contribution in [-0.4, -0.2) is 43.4 Å². The van der Waals surface area contributed by atoms with Gasteiger partial charge in [-0.05, 0) is 54.4 Å². The lowest BCUT2D eigenvalue weighted by molar-refractivity contribution is 0.371. The molecule has 31 heavy (non-hydrogen) atoms. The maximum absolute atomic E-state index is 10.2. The molecular weight excluding hydrogens is 410 g/mol. The molecule has 0 saturated carbocycles. The third-order valence-corrected chi connectivity index (χ3v) is 5.96. The number of nitrogens with one attached hydrogen (secondary N) is 3. The fourth-order valence-electron chi connectivity index (χ4n) is 3.36. The number of methoxy groups -OCH3 is 1. The number of hydrogen-bond donors (Lipinski definition) is 4. The normalized spacial score (nSPS) is 13.6. The van der Waals surface area contributed by atoms with E-state index < -0.39 is 0 Å². The molecule has 0 aliphatic carbocycles. The SMILES string of the molecule is COc1cccc(CNc2ccc(SNc3ccc(N4CCNCC4)nc3)cc2)c1O. The third-order valence-electron chi connectivity index (χ3n) is 5.12. The zero-order valence-corrected chi connectivity index (χ0v) is 18.3. The van der Waals surface area contributed by atoms with E-state index in [9.17, 15) is 5.11 Å². The Kier molecular flexibility index (Phi) is 7.01. The van der Waals surface area contributed by atoms with E-state index in [4.69, 9.17) is 4.74 Å². The average Bonchev–Trinajstić information content (AvgIpc) is 2.84. The number of aromatic nitrogens is 1. The first-order valence-electron chi connectivity index (χ1n) is 10.3. The van der Waals surface area contributed by atoms with Crippen LogP contribution in [0.15, 0.2) is 65.7 Å². The first-order chi connectivity index (χ1) is 15.2. The Bertz CT molecular complexity index is 976. The summed E-state index contributed by atoms with van der Waals surface area (Å²) >= 11 is 1.55. The van der Waals surface area contributed by atoms with Gasteiger partial charge in [-0.2, -0.15) is 0 Å². The highest BCUT2D eigenvalue weighted by Gasteiger charge is 2.11. The van der Waals surface area contributed by atoms with Gasteiger partial charge < -0.3 is 30.1 Å². The Morgan fingerprint density at radius 2 is 1.84 bits per heavy atom. The highest BCUT2D eigenvalue weighted by atomic mass is 32.2. The van der Waals surface area contributed by atoms with Gasteiger partial charge in [0.2, 0.25) is 0 Å². The largest absolute Gasteiger partial charge is 0.504 e. The molecule has 8 heteroatoms. The van der Waals surface area contributed by atoms with Crippen molar-refractivity contribution >= 4 is 29.1 Å². The Labute approximate surface area is 187 Å². The number of piperazine rings is 1. The van der Waals surface area contributed by atoms with Crippen LogP contribution in [0.5, 0.6) is 11.5 Å². The summed E-state index contributed by atoms with van der Waals surface area (Å²) in [7, 11) is 1.55. The van der Waals surface area contributed by atoms with E-state index in [2.05, 4.69) is 37.4 Å². The number of phenolic OH excluding ortho intramolecular Hbond substituents is 1. The standard InChI is InChI=1S/C23H27N5O2S/c1-30-21-4-2-3-17(23(21)29)15-25-18-5-8-20(9-6-18)31-27-19-7-10-22(26-16-19)28-13-11-24-12-14-28/h2-10,16,24-25,27,29H,11-15H2,1H3. The predicted molar refractivity (Wildman–Crippen MR) is 127 cm³/mol. The number of benzene rings is 2. The predicted octanol–water partition coefficient (Wildman–Crippen LogP) is 3.94. The minimum absolute atomic E-state index is 0.172. The van der Waals surface area contributed by atoms with Crippen molar-refractivity contribution in [2.24, 2.45) is 0 Å². The van der Waals surface area contributed by atoms with Crippen LogP contribution in [-0.2, 0) is 6.54 Å². The van der Waals surface area contributed by atoms with Crippen LogP contribution in [0.2, 0.25) is 0 Å². The lowest BCUT2D eigenvalue weighted by Gasteiger charge is -2.28. The zero-order chi connectivity index (χ0) is 21.5. The first kappa shape index (κ1) is 21.1. The number of hydrogen-bond acceptors (Lipinski definition) is 8. The van der Waals surface area contributed by atoms with Gasteiger partial charge in [0.15, 0.2) is 11.5 Å². The second kappa shape index (κ2) is 10.3. The molecule has 4 rings (SSSR count). The van der Waals surface area contributed by atoms with E-state index in [1.54, 1.807) is 25.1 Å². The Balaban J connectivity index is 1.28. The van der Waals surface area contributed by atoms with E-state index in [1.165, 1.54) is 0 Å². The van der Waals surface area contributed by atoms with Crippen LogP contribution in [0.1, 0.15) is 5.56 Å². The second-order valence-corrected chi connectivity index (χ2v) is 8.07. The Morgan fingerprint density at radius 3 is 2.55 bits per heavy atom. The quantitative estimate of drug-likeness (QED) is 0.395. The van der Waals surface area contributed by atoms with Crippen LogP contribution < -0.4 is 25.0 Å². The monoisotopic (exact) mass is 437 g/mol. The van der Waals surface area contributed by atoms with E-state index in [0.29, 0.717) is 12.3 Å². The van der Waals surface area contributed by atoms with Crippen molar-refractivity contribution in [3.05, 3.63) is 66.4 Å². The molecule has 1 aliphatic rings. The molecule has 7 nitrogen and oxygen atoms in total. The number of anilines is 3. The summed E-state index contributed by atoms with van der Waals surface area (Å²) in [6, 6.07) is 17.8. The number of pyridine rings is 1. The van der Waals surface area contributed by atoms with Gasteiger partial charge in [-0.15, -0.1) is 0 Å². The van der Waals surface area contributed by atoms with E-state index in [1.807, 2.05) is 42.6 Å². The Hall–Kier alpha value is -3.10. The smallest absolute Gasteiger partial charge is 0.162 e. The van der Waals surface area contributed by atoms with Gasteiger partial charge in [0.05, 0.1) is 19.0 Å². The molecule has 0 spiro atoms. The van der Waals surface area contributed by atoms with Crippen molar-refractivity contribution in [2.75, 3.05) is 48.2 Å². The number of para-hydroxylation sites is 1. The molecule has 0 atom stereocenters. The topological polar surface area (TPSA) is 81.7 Å². The summed E-state index contributed by atoms with van der Waals surface area (Å²) in [5.41, 5.74) is 2.74. The average molecular weight is 438 g/mol. The van der Waals surface area contributed by atoms with Gasteiger partial charge in [-0.25, -0.2) is 4.98 Å². The van der Waals surface area contributed by atoms with Gasteiger partial charge in [0.1, 0.15) is 5.82 Å². The zero-order valence-electron chi connectivity index (χ0n) is 17.5. The summed E-state index contributed by atoms with van der Waals surface area (Å²) in [5.74, 6) is 1.67. The number of ether oxygens (including phenoxy) is 1. The number of aromatic hydroxyl groups is 1. The maximum Gasteiger partial charge on any atom is 0.162 e. The summed E-state index contributed by atoms with van der Waals surface area (Å²) in [4.78, 5) is 7.98. The van der Waals surface area contributed by atoms with Crippen molar-refractivity contribution in [3.8, 4) is 11.5 Å². The van der Waals surface area contributed by atoms with Crippen molar-refractivity contribution < 1.29 is 9.84 Å². The molecule has 1 aliphatic heterocycles. The summed E-state index contributed by atoms with van der Waals surface area (Å²) < 4.78 is 8.50. The molecule has 2 aromatic carbocycles. The van der Waals surface area contributed by atoms with Crippen LogP contribution in [0.3, 0.4) is 0 Å². The molecule has 1 aromatic heterocycles. The molecule has 2 heterocycles.